The molecule has 1 aliphatic carbocycles. The number of rotatable bonds is 3. The zero-order valence-electron chi connectivity index (χ0n) is 9.93. The summed E-state index contributed by atoms with van der Waals surface area (Å²) in [6, 6.07) is 2.98. The predicted molar refractivity (Wildman–Crippen MR) is 71.4 cm³/mol. The second-order valence-corrected chi connectivity index (χ2v) is 5.88. The minimum Gasteiger partial charge on any atom is -0.380 e. The average molecular weight is 276 g/mol. The van der Waals surface area contributed by atoms with Crippen molar-refractivity contribution in [2.75, 3.05) is 5.32 Å². The van der Waals surface area contributed by atoms with Gasteiger partial charge in [-0.3, -0.25) is 0 Å². The molecule has 1 aromatic rings. The summed E-state index contributed by atoms with van der Waals surface area (Å²) >= 11 is 11.9. The van der Waals surface area contributed by atoms with E-state index in [1.165, 1.54) is 12.1 Å². The van der Waals surface area contributed by atoms with Crippen LogP contribution >= 0.6 is 23.2 Å². The Bertz CT molecular complexity index is 391. The van der Waals surface area contributed by atoms with Crippen molar-refractivity contribution in [1.82, 2.24) is 0 Å². The molecule has 1 saturated carbocycles. The van der Waals surface area contributed by atoms with E-state index in [1.807, 2.05) is 0 Å². The first-order chi connectivity index (χ1) is 7.97. The Morgan fingerprint density at radius 1 is 1.24 bits per heavy atom. The third-order valence-corrected chi connectivity index (χ3v) is 4.07. The number of nitrogens with one attached hydrogen (secondary N) is 1. The maximum absolute atomic E-state index is 13.0. The van der Waals surface area contributed by atoms with Crippen LogP contribution in [0, 0.1) is 17.7 Å². The number of anilines is 1. The monoisotopic (exact) mass is 275 g/mol. The highest BCUT2D eigenvalue weighted by molar-refractivity contribution is 6.39. The van der Waals surface area contributed by atoms with Crippen LogP contribution in [0.3, 0.4) is 0 Å². The Hall–Kier alpha value is -0.470. The third kappa shape index (κ3) is 2.86. The van der Waals surface area contributed by atoms with E-state index in [9.17, 15) is 4.39 Å². The van der Waals surface area contributed by atoms with Crippen LogP contribution in [0.1, 0.15) is 26.7 Å². The molecule has 0 spiro atoms. The first-order valence-corrected chi connectivity index (χ1v) is 6.64. The fourth-order valence-electron chi connectivity index (χ4n) is 2.21. The van der Waals surface area contributed by atoms with Gasteiger partial charge in [0.1, 0.15) is 5.82 Å². The summed E-state index contributed by atoms with van der Waals surface area (Å²) in [4.78, 5) is 0. The molecule has 2 rings (SSSR count). The molecule has 0 aromatic heterocycles. The summed E-state index contributed by atoms with van der Waals surface area (Å²) in [5, 5.41) is 4.00. The van der Waals surface area contributed by atoms with Crippen LogP contribution in [0.4, 0.5) is 10.1 Å². The molecule has 1 N–H and O–H groups in total. The smallest absolute Gasteiger partial charge is 0.126 e. The Balaban J connectivity index is 2.01. The molecule has 4 heteroatoms. The lowest BCUT2D eigenvalue weighted by atomic mass is 9.73. The van der Waals surface area contributed by atoms with Crippen LogP contribution in [-0.4, -0.2) is 6.04 Å². The molecule has 0 amide bonds. The topological polar surface area (TPSA) is 12.0 Å². The minimum absolute atomic E-state index is 0.350. The highest BCUT2D eigenvalue weighted by Gasteiger charge is 2.31. The highest BCUT2D eigenvalue weighted by Crippen LogP contribution is 2.39. The Labute approximate surface area is 111 Å². The molecule has 1 nitrogen and oxygen atoms in total. The summed E-state index contributed by atoms with van der Waals surface area (Å²) in [5.41, 5.74) is 0.655. The van der Waals surface area contributed by atoms with Crippen molar-refractivity contribution in [2.45, 2.75) is 32.7 Å². The zero-order valence-corrected chi connectivity index (χ0v) is 11.4. The SMILES string of the molecule is CC(C)C1CC(Nc2c(Cl)cc(F)cc2Cl)C1. The van der Waals surface area contributed by atoms with Gasteiger partial charge in [-0.25, -0.2) is 4.39 Å². The van der Waals surface area contributed by atoms with Gasteiger partial charge in [-0.05, 0) is 36.8 Å². The van der Waals surface area contributed by atoms with Gasteiger partial charge < -0.3 is 5.32 Å². The van der Waals surface area contributed by atoms with Gasteiger partial charge in [0.2, 0.25) is 0 Å². The van der Waals surface area contributed by atoms with Crippen LogP contribution < -0.4 is 5.32 Å². The summed E-state index contributed by atoms with van der Waals surface area (Å²) in [5.74, 6) is 1.08. The van der Waals surface area contributed by atoms with Gasteiger partial charge in [0.25, 0.3) is 0 Å². The zero-order chi connectivity index (χ0) is 12.6. The lowest BCUT2D eigenvalue weighted by molar-refractivity contribution is 0.212. The molecule has 0 saturated heterocycles. The van der Waals surface area contributed by atoms with Crippen LogP contribution in [0.2, 0.25) is 10.0 Å². The highest BCUT2D eigenvalue weighted by atomic mass is 35.5. The van der Waals surface area contributed by atoms with Gasteiger partial charge in [-0.2, -0.15) is 0 Å². The van der Waals surface area contributed by atoms with Gasteiger partial charge in [0.15, 0.2) is 0 Å². The fraction of sp³-hybridized carbons (Fsp3) is 0.538. The number of hydrogen-bond donors (Lipinski definition) is 1. The Kier molecular flexibility index (Phi) is 3.84. The first kappa shape index (κ1) is 13.0. The Morgan fingerprint density at radius 3 is 2.24 bits per heavy atom. The largest absolute Gasteiger partial charge is 0.380 e. The number of benzene rings is 1. The fourth-order valence-corrected chi connectivity index (χ4v) is 2.78. The quantitative estimate of drug-likeness (QED) is 0.821. The first-order valence-electron chi connectivity index (χ1n) is 5.88. The van der Waals surface area contributed by atoms with Crippen LogP contribution in [0.5, 0.6) is 0 Å². The number of halogens is 3. The van der Waals surface area contributed by atoms with Gasteiger partial charge in [-0.15, -0.1) is 0 Å². The second kappa shape index (κ2) is 5.03. The van der Waals surface area contributed by atoms with Crippen LogP contribution in [-0.2, 0) is 0 Å². The van der Waals surface area contributed by atoms with Crippen molar-refractivity contribution < 1.29 is 4.39 Å². The molecule has 0 radical (unpaired) electrons. The molecule has 0 atom stereocenters. The van der Waals surface area contributed by atoms with Crippen molar-refractivity contribution >= 4 is 28.9 Å². The molecular weight excluding hydrogens is 260 g/mol. The molecule has 0 heterocycles. The Morgan fingerprint density at radius 2 is 1.76 bits per heavy atom. The van der Waals surface area contributed by atoms with E-state index in [0.29, 0.717) is 27.7 Å². The maximum atomic E-state index is 13.0. The lowest BCUT2D eigenvalue weighted by Crippen LogP contribution is -2.38. The standard InChI is InChI=1S/C13H16Cl2FN/c1-7(2)8-3-10(4-8)17-13-11(14)5-9(16)6-12(13)15/h5-8,10,17H,3-4H2,1-2H3. The predicted octanol–water partition coefficient (Wildman–Crippen LogP) is 4.98. The summed E-state index contributed by atoms with van der Waals surface area (Å²) in [6.07, 6.45) is 2.25. The van der Waals surface area contributed by atoms with E-state index in [0.717, 1.165) is 18.8 Å². The normalized spacial score (nSPS) is 23.6. The molecule has 17 heavy (non-hydrogen) atoms. The molecule has 94 valence electrons. The summed E-state index contributed by atoms with van der Waals surface area (Å²) in [6.45, 7) is 4.47. The van der Waals surface area contributed by atoms with Crippen molar-refractivity contribution in [1.29, 1.82) is 0 Å². The van der Waals surface area contributed by atoms with Crippen molar-refractivity contribution in [2.24, 2.45) is 11.8 Å². The number of hydrogen-bond acceptors (Lipinski definition) is 1. The van der Waals surface area contributed by atoms with Crippen molar-refractivity contribution in [3.8, 4) is 0 Å². The van der Waals surface area contributed by atoms with Crippen molar-refractivity contribution in [3.05, 3.63) is 28.0 Å². The minimum atomic E-state index is -0.404. The second-order valence-electron chi connectivity index (χ2n) is 5.06. The molecule has 1 aromatic carbocycles. The van der Waals surface area contributed by atoms with Crippen LogP contribution in [0.15, 0.2) is 12.1 Å². The summed E-state index contributed by atoms with van der Waals surface area (Å²) < 4.78 is 13.0. The molecule has 0 unspecified atom stereocenters. The molecule has 1 aliphatic rings. The van der Waals surface area contributed by atoms with E-state index in [-0.39, 0.29) is 0 Å². The molecule has 0 bridgehead atoms. The van der Waals surface area contributed by atoms with Gasteiger partial charge in [0.05, 0.1) is 15.7 Å². The lowest BCUT2D eigenvalue weighted by Gasteiger charge is -2.39. The maximum Gasteiger partial charge on any atom is 0.126 e. The average Bonchev–Trinajstić information content (AvgIpc) is 2.12. The van der Waals surface area contributed by atoms with Gasteiger partial charge in [-0.1, -0.05) is 37.0 Å². The van der Waals surface area contributed by atoms with E-state index in [1.54, 1.807) is 0 Å². The summed E-state index contributed by atoms with van der Waals surface area (Å²) in [7, 11) is 0. The van der Waals surface area contributed by atoms with Gasteiger partial charge in [0, 0.05) is 6.04 Å². The molecular formula is C13H16Cl2FN. The van der Waals surface area contributed by atoms with E-state index < -0.39 is 5.82 Å². The molecule has 1 fully saturated rings. The van der Waals surface area contributed by atoms with E-state index in [2.05, 4.69) is 19.2 Å². The van der Waals surface area contributed by atoms with Crippen molar-refractivity contribution in [3.63, 3.8) is 0 Å². The van der Waals surface area contributed by atoms with Crippen LogP contribution in [0.25, 0.3) is 0 Å². The van der Waals surface area contributed by atoms with E-state index >= 15 is 0 Å². The van der Waals surface area contributed by atoms with Gasteiger partial charge >= 0.3 is 0 Å². The van der Waals surface area contributed by atoms with E-state index in [4.69, 9.17) is 23.2 Å². The third-order valence-electron chi connectivity index (χ3n) is 3.47. The molecule has 0 aliphatic heterocycles.